The van der Waals surface area contributed by atoms with E-state index in [0.717, 1.165) is 28.8 Å². The first kappa shape index (κ1) is 31.8. The van der Waals surface area contributed by atoms with Crippen LogP contribution in [0.4, 0.5) is 11.4 Å². The molecule has 4 aromatic carbocycles. The van der Waals surface area contributed by atoms with Crippen molar-refractivity contribution in [1.29, 1.82) is 0 Å². The number of para-hydroxylation sites is 1. The highest BCUT2D eigenvalue weighted by Gasteiger charge is 2.31. The molecule has 1 aliphatic heterocycles. The molecule has 11 nitrogen and oxygen atoms in total. The predicted octanol–water partition coefficient (Wildman–Crippen LogP) is 5.03. The van der Waals surface area contributed by atoms with Crippen LogP contribution in [0, 0.1) is 0 Å². The number of aromatic hydroxyl groups is 2. The van der Waals surface area contributed by atoms with Crippen molar-refractivity contribution in [2.75, 3.05) is 23.7 Å². The lowest BCUT2D eigenvalue weighted by Crippen LogP contribution is -2.36. The van der Waals surface area contributed by atoms with Crippen LogP contribution in [0.25, 0.3) is 0 Å². The molecule has 236 valence electrons. The first-order valence-corrected chi connectivity index (χ1v) is 17.0. The lowest BCUT2D eigenvalue weighted by Gasteiger charge is -2.28. The smallest absolute Gasteiger partial charge is 0.261 e. The summed E-state index contributed by atoms with van der Waals surface area (Å²) in [5.74, 6) is -2.51. The molecule has 0 saturated heterocycles. The average molecular weight is 652 g/mol. The summed E-state index contributed by atoms with van der Waals surface area (Å²) < 4.78 is 63.0. The van der Waals surface area contributed by atoms with Gasteiger partial charge in [0.05, 0.1) is 33.8 Å². The van der Waals surface area contributed by atoms with Crippen LogP contribution in [-0.2, 0) is 33.0 Å². The molecule has 45 heavy (non-hydrogen) atoms. The Morgan fingerprint density at radius 3 is 2.27 bits per heavy atom. The molecule has 0 radical (unpaired) electrons. The first-order chi connectivity index (χ1) is 21.3. The molecule has 1 aliphatic rings. The summed E-state index contributed by atoms with van der Waals surface area (Å²) in [6, 6.07) is 20.2. The Bertz CT molecular complexity index is 1990. The number of carbonyl (C=O) groups is 1. The van der Waals surface area contributed by atoms with Crippen LogP contribution in [-0.4, -0.2) is 50.9 Å². The molecule has 4 N–H and O–H groups in total. The molecule has 0 aromatic heterocycles. The van der Waals surface area contributed by atoms with Gasteiger partial charge >= 0.3 is 0 Å². The van der Waals surface area contributed by atoms with Crippen molar-refractivity contribution in [2.45, 2.75) is 42.5 Å². The van der Waals surface area contributed by atoms with Crippen molar-refractivity contribution < 1.29 is 36.6 Å². The zero-order chi connectivity index (χ0) is 32.5. The van der Waals surface area contributed by atoms with Crippen molar-refractivity contribution in [3.8, 4) is 17.2 Å². The number of phenolic OH excluding ortho intramolecular Hbond substituents is 2. The van der Waals surface area contributed by atoms with Gasteiger partial charge in [-0.05, 0) is 59.4 Å². The van der Waals surface area contributed by atoms with E-state index in [9.17, 15) is 31.8 Å². The van der Waals surface area contributed by atoms with Gasteiger partial charge in [-0.2, -0.15) is 4.31 Å². The lowest BCUT2D eigenvalue weighted by molar-refractivity contribution is 0.102. The standard InChI is InChI=1S/C32H33N3O8S2/c1-20(2)25-10-6-7-11-27(25)34-44(39,40)23-12-13-30(43-3)28(17-23)33-32(38)26-16-24(18-29(36)31(26)37)45(41,42)35-15-14-21-8-4-5-9-22(21)19-35/h4-13,16-18,20,34,36-37H,14-15,19H2,1-3H3,(H,33,38). The van der Waals surface area contributed by atoms with Gasteiger partial charge in [0.25, 0.3) is 15.9 Å². The molecule has 0 aliphatic carbocycles. The van der Waals surface area contributed by atoms with Crippen LogP contribution in [0.1, 0.15) is 46.8 Å². The minimum absolute atomic E-state index is 0.0454. The lowest BCUT2D eigenvalue weighted by atomic mass is 10.0. The fraction of sp³-hybridized carbons (Fsp3) is 0.219. The number of carbonyl (C=O) groups excluding carboxylic acids is 1. The number of hydrogen-bond acceptors (Lipinski definition) is 8. The molecule has 0 fully saturated rings. The summed E-state index contributed by atoms with van der Waals surface area (Å²) >= 11 is 0. The number of fused-ring (bicyclic) bond motifs is 1. The number of benzene rings is 4. The molecule has 5 rings (SSSR count). The predicted molar refractivity (Wildman–Crippen MR) is 170 cm³/mol. The monoisotopic (exact) mass is 651 g/mol. The van der Waals surface area contributed by atoms with E-state index in [4.69, 9.17) is 4.74 Å². The van der Waals surface area contributed by atoms with Crippen LogP contribution in [0.15, 0.2) is 88.7 Å². The highest BCUT2D eigenvalue weighted by Crippen LogP contribution is 2.36. The molecular formula is C32H33N3O8S2. The Balaban J connectivity index is 1.45. The molecule has 1 amide bonds. The SMILES string of the molecule is COc1ccc(S(=O)(=O)Nc2ccccc2C(C)C)cc1NC(=O)c1cc(S(=O)(=O)N2CCc3ccccc3C2)cc(O)c1O. The van der Waals surface area contributed by atoms with Crippen molar-refractivity contribution >= 4 is 37.3 Å². The van der Waals surface area contributed by atoms with Gasteiger partial charge in [0.1, 0.15) is 5.75 Å². The molecule has 0 saturated carbocycles. The number of anilines is 2. The maximum absolute atomic E-state index is 13.6. The second kappa shape index (κ2) is 12.4. The van der Waals surface area contributed by atoms with Gasteiger partial charge in [-0.1, -0.05) is 56.3 Å². The third-order valence-corrected chi connectivity index (χ3v) is 10.8. The number of hydrogen-bond donors (Lipinski definition) is 4. The normalized spacial score (nSPS) is 13.7. The van der Waals surface area contributed by atoms with Crippen LogP contribution < -0.4 is 14.8 Å². The third-order valence-electron chi connectivity index (χ3n) is 7.60. The van der Waals surface area contributed by atoms with Gasteiger partial charge in [-0.25, -0.2) is 16.8 Å². The summed E-state index contributed by atoms with van der Waals surface area (Å²) in [6.07, 6.45) is 0.490. The third kappa shape index (κ3) is 6.46. The number of nitrogens with one attached hydrogen (secondary N) is 2. The molecule has 1 heterocycles. The van der Waals surface area contributed by atoms with Gasteiger partial charge in [0, 0.05) is 19.2 Å². The zero-order valence-corrected chi connectivity index (χ0v) is 26.4. The number of methoxy groups -OCH3 is 1. The molecule has 0 spiro atoms. The second-order valence-electron chi connectivity index (χ2n) is 10.9. The Labute approximate surface area is 262 Å². The maximum Gasteiger partial charge on any atom is 0.261 e. The highest BCUT2D eigenvalue weighted by molar-refractivity contribution is 7.92. The number of sulfonamides is 2. The molecular weight excluding hydrogens is 618 g/mol. The summed E-state index contributed by atoms with van der Waals surface area (Å²) in [5, 5.41) is 23.5. The Kier molecular flexibility index (Phi) is 8.79. The Hall–Kier alpha value is -4.59. The van der Waals surface area contributed by atoms with Gasteiger partial charge in [0.15, 0.2) is 11.5 Å². The van der Waals surface area contributed by atoms with E-state index in [-0.39, 0.29) is 35.3 Å². The summed E-state index contributed by atoms with van der Waals surface area (Å²) in [4.78, 5) is 12.9. The van der Waals surface area contributed by atoms with Crippen LogP contribution in [0.3, 0.4) is 0 Å². The fourth-order valence-electron chi connectivity index (χ4n) is 5.18. The summed E-state index contributed by atoms with van der Waals surface area (Å²) in [7, 11) is -6.98. The number of phenols is 2. The zero-order valence-electron chi connectivity index (χ0n) is 24.8. The topological polar surface area (TPSA) is 162 Å². The second-order valence-corrected chi connectivity index (χ2v) is 14.5. The van der Waals surface area contributed by atoms with E-state index in [1.54, 1.807) is 12.1 Å². The molecule has 0 bridgehead atoms. The van der Waals surface area contributed by atoms with Crippen molar-refractivity contribution in [1.82, 2.24) is 4.31 Å². The summed E-state index contributed by atoms with van der Waals surface area (Å²) in [6.45, 7) is 4.17. The highest BCUT2D eigenvalue weighted by atomic mass is 32.2. The number of amides is 1. The minimum atomic E-state index is -4.18. The van der Waals surface area contributed by atoms with Gasteiger partial charge in [-0.15, -0.1) is 0 Å². The molecule has 4 aromatic rings. The van der Waals surface area contributed by atoms with E-state index in [2.05, 4.69) is 10.0 Å². The first-order valence-electron chi connectivity index (χ1n) is 14.1. The molecule has 0 atom stereocenters. The van der Waals surface area contributed by atoms with Crippen molar-refractivity contribution in [2.24, 2.45) is 0 Å². The van der Waals surface area contributed by atoms with Crippen LogP contribution in [0.2, 0.25) is 0 Å². The molecule has 0 unspecified atom stereocenters. The van der Waals surface area contributed by atoms with Gasteiger partial charge in [-0.3, -0.25) is 9.52 Å². The average Bonchev–Trinajstić information content (AvgIpc) is 3.01. The number of rotatable bonds is 9. The van der Waals surface area contributed by atoms with E-state index in [1.807, 2.05) is 50.2 Å². The van der Waals surface area contributed by atoms with Crippen LogP contribution >= 0.6 is 0 Å². The van der Waals surface area contributed by atoms with E-state index in [1.165, 1.54) is 29.6 Å². The summed E-state index contributed by atoms with van der Waals surface area (Å²) in [5.41, 5.74) is 2.48. The number of ether oxygens (including phenoxy) is 1. The Morgan fingerprint density at radius 2 is 1.56 bits per heavy atom. The largest absolute Gasteiger partial charge is 0.504 e. The maximum atomic E-state index is 13.6. The van der Waals surface area contributed by atoms with E-state index >= 15 is 0 Å². The van der Waals surface area contributed by atoms with E-state index < -0.39 is 47.9 Å². The van der Waals surface area contributed by atoms with Crippen molar-refractivity contribution in [3.63, 3.8) is 0 Å². The van der Waals surface area contributed by atoms with Crippen LogP contribution in [0.5, 0.6) is 17.2 Å². The van der Waals surface area contributed by atoms with Gasteiger partial charge < -0.3 is 20.3 Å². The molecule has 13 heteroatoms. The van der Waals surface area contributed by atoms with Crippen molar-refractivity contribution in [3.05, 3.63) is 101 Å². The fourth-order valence-corrected chi connectivity index (χ4v) is 7.76. The Morgan fingerprint density at radius 1 is 0.867 bits per heavy atom. The van der Waals surface area contributed by atoms with Gasteiger partial charge in [0.2, 0.25) is 10.0 Å². The minimum Gasteiger partial charge on any atom is -0.504 e. The van der Waals surface area contributed by atoms with E-state index in [0.29, 0.717) is 12.1 Å². The quantitative estimate of drug-likeness (QED) is 0.183. The number of nitrogens with zero attached hydrogens (tertiary/aromatic N) is 1.